The van der Waals surface area contributed by atoms with Gasteiger partial charge in [0.2, 0.25) is 0 Å². The summed E-state index contributed by atoms with van der Waals surface area (Å²) in [5.41, 5.74) is 6.55. The molecule has 0 aliphatic heterocycles. The summed E-state index contributed by atoms with van der Waals surface area (Å²) in [7, 11) is 1.77. The van der Waals surface area contributed by atoms with Crippen molar-refractivity contribution in [2.75, 3.05) is 12.3 Å². The normalized spacial score (nSPS) is 12.0. The van der Waals surface area contributed by atoms with Gasteiger partial charge in [0, 0.05) is 18.2 Å². The van der Waals surface area contributed by atoms with Crippen molar-refractivity contribution in [1.29, 1.82) is 0 Å². The molecule has 0 saturated heterocycles. The third-order valence-corrected chi connectivity index (χ3v) is 4.49. The summed E-state index contributed by atoms with van der Waals surface area (Å²) >= 11 is 0. The second-order valence-corrected chi connectivity index (χ2v) is 6.91. The number of nitrogens with two attached hydrogens (primary N) is 1. The monoisotopic (exact) mass is 429 g/mol. The Bertz CT molecular complexity index is 856. The molecule has 0 aliphatic rings. The lowest BCUT2D eigenvalue weighted by molar-refractivity contribution is -0.657. The van der Waals surface area contributed by atoms with E-state index in [0.29, 0.717) is 30.4 Å². The van der Waals surface area contributed by atoms with Crippen LogP contribution in [0, 0.1) is 0 Å². The summed E-state index contributed by atoms with van der Waals surface area (Å²) in [5, 5.41) is 14.5. The van der Waals surface area contributed by atoms with Crippen LogP contribution in [-0.2, 0) is 24.9 Å². The molecule has 2 rings (SSSR count). The second kappa shape index (κ2) is 10.7. The van der Waals surface area contributed by atoms with Crippen LogP contribution in [-0.4, -0.2) is 33.0 Å². The minimum absolute atomic E-state index is 0.103. The Hall–Kier alpha value is -2.92. The third-order valence-electron chi connectivity index (χ3n) is 4.49. The van der Waals surface area contributed by atoms with Crippen LogP contribution in [0.3, 0.4) is 0 Å². The van der Waals surface area contributed by atoms with Crippen molar-refractivity contribution in [3.05, 3.63) is 18.6 Å². The molecule has 2 aromatic rings. The van der Waals surface area contributed by atoms with Crippen LogP contribution in [0.5, 0.6) is 0 Å². The Morgan fingerprint density at radius 2 is 2.00 bits per heavy atom. The summed E-state index contributed by atoms with van der Waals surface area (Å²) in [6.45, 7) is 3.12. The number of aromatic nitrogens is 4. The zero-order valence-corrected chi connectivity index (χ0v) is 17.2. The number of imidazole rings is 1. The predicted molar refractivity (Wildman–Crippen MR) is 104 cm³/mol. The van der Waals surface area contributed by atoms with E-state index in [1.165, 1.54) is 6.42 Å². The number of carbonyl (C=O) groups is 1. The molecule has 0 radical (unpaired) electrons. The van der Waals surface area contributed by atoms with Gasteiger partial charge in [0.05, 0.1) is 32.2 Å². The Kier molecular flexibility index (Phi) is 8.36. The summed E-state index contributed by atoms with van der Waals surface area (Å²) in [4.78, 5) is 10.8. The highest BCUT2D eigenvalue weighted by Crippen LogP contribution is 2.23. The van der Waals surface area contributed by atoms with Crippen LogP contribution in [0.15, 0.2) is 28.8 Å². The average molecular weight is 429 g/mol. The van der Waals surface area contributed by atoms with Gasteiger partial charge in [0.15, 0.2) is 11.5 Å². The highest BCUT2D eigenvalue weighted by molar-refractivity contribution is 5.81. The molecule has 0 atom stereocenters. The van der Waals surface area contributed by atoms with Gasteiger partial charge in [-0.25, -0.2) is 13.8 Å². The zero-order chi connectivity index (χ0) is 22.1. The molecule has 12 heteroatoms. The van der Waals surface area contributed by atoms with Crippen LogP contribution in [0.4, 0.5) is 30.6 Å². The van der Waals surface area contributed by atoms with Crippen LogP contribution >= 0.6 is 0 Å². The van der Waals surface area contributed by atoms with Crippen molar-refractivity contribution in [2.24, 2.45) is 17.3 Å². The first kappa shape index (κ1) is 23.4. The van der Waals surface area contributed by atoms with Gasteiger partial charge in [-0.15, -0.1) is 0 Å². The molecule has 3 N–H and O–H groups in total. The minimum Gasteiger partial charge on any atom is -0.382 e. The van der Waals surface area contributed by atoms with E-state index in [1.54, 1.807) is 39.5 Å². The topological polar surface area (TPSA) is 106 Å². The maximum absolute atomic E-state index is 12.2. The number of rotatable bonds is 11. The van der Waals surface area contributed by atoms with E-state index < -0.39 is 12.1 Å². The van der Waals surface area contributed by atoms with E-state index in [2.05, 4.69) is 22.3 Å². The Morgan fingerprint density at radius 1 is 1.23 bits per heavy atom. The van der Waals surface area contributed by atoms with E-state index in [-0.39, 0.29) is 6.54 Å². The molecule has 0 fully saturated rings. The first-order chi connectivity index (χ1) is 14.2. The Balaban J connectivity index is 1.94. The second-order valence-electron chi connectivity index (χ2n) is 6.91. The molecule has 9 nitrogen and oxygen atoms in total. The summed E-state index contributed by atoms with van der Waals surface area (Å²) in [5.74, 6) is -1.01. The standard InChI is InChI=1S/C18H27F3N8O/c1-3-4-5-6-10-29-15(22)14(13-24-29)25-26-17-27(2)11-12-28(17)9-7-8-23-16(30)18(19,20)21/h11-13,22H,3-10H2,1-2H3,(H,23,30)/p+1. The Labute approximate surface area is 172 Å². The maximum Gasteiger partial charge on any atom is 0.471 e. The van der Waals surface area contributed by atoms with Crippen molar-refractivity contribution in [1.82, 2.24) is 19.7 Å². The third kappa shape index (κ3) is 6.56. The van der Waals surface area contributed by atoms with Crippen LogP contribution in [0.25, 0.3) is 0 Å². The molecule has 1 amide bonds. The number of nitrogens with zero attached hydrogens (tertiary/aromatic N) is 6. The van der Waals surface area contributed by atoms with Gasteiger partial charge in [0.1, 0.15) is 0 Å². The predicted octanol–water partition coefficient (Wildman–Crippen LogP) is 3.16. The number of aryl methyl sites for hydroxylation is 3. The number of carbonyl (C=O) groups excluding carboxylic acids is 1. The lowest BCUT2D eigenvalue weighted by Gasteiger charge is -2.07. The fourth-order valence-corrected chi connectivity index (χ4v) is 2.80. The number of hydrogen-bond acceptors (Lipinski definition) is 5. The molecule has 0 spiro atoms. The van der Waals surface area contributed by atoms with E-state index in [9.17, 15) is 18.0 Å². The van der Waals surface area contributed by atoms with Gasteiger partial charge >= 0.3 is 18.0 Å². The van der Waals surface area contributed by atoms with Crippen molar-refractivity contribution >= 4 is 23.4 Å². The molecule has 2 heterocycles. The molecule has 0 aliphatic carbocycles. The lowest BCUT2D eigenvalue weighted by Crippen LogP contribution is -2.37. The highest BCUT2D eigenvalue weighted by Gasteiger charge is 2.38. The highest BCUT2D eigenvalue weighted by atomic mass is 19.4. The number of nitrogen functional groups attached to an aromatic ring is 1. The molecular weight excluding hydrogens is 401 g/mol. The van der Waals surface area contributed by atoms with Gasteiger partial charge < -0.3 is 11.1 Å². The number of azo groups is 1. The number of hydrogen-bond donors (Lipinski definition) is 2. The number of anilines is 1. The van der Waals surface area contributed by atoms with Crippen molar-refractivity contribution in [3.63, 3.8) is 0 Å². The first-order valence-electron chi connectivity index (χ1n) is 9.86. The van der Waals surface area contributed by atoms with Crippen LogP contribution in [0.1, 0.15) is 39.0 Å². The van der Waals surface area contributed by atoms with Crippen molar-refractivity contribution < 1.29 is 22.5 Å². The molecule has 0 unspecified atom stereocenters. The molecule has 0 bridgehead atoms. The summed E-state index contributed by atoms with van der Waals surface area (Å²) in [6.07, 6.45) is 4.89. The fraction of sp³-hybridized carbons (Fsp3) is 0.611. The zero-order valence-electron chi connectivity index (χ0n) is 17.2. The van der Waals surface area contributed by atoms with Gasteiger partial charge in [-0.3, -0.25) is 4.79 Å². The van der Waals surface area contributed by atoms with Gasteiger partial charge in [-0.1, -0.05) is 31.3 Å². The maximum atomic E-state index is 12.2. The van der Waals surface area contributed by atoms with E-state index in [1.807, 2.05) is 5.32 Å². The molecule has 30 heavy (non-hydrogen) atoms. The number of nitrogens with one attached hydrogen (secondary N) is 1. The van der Waals surface area contributed by atoms with Crippen LogP contribution < -0.4 is 15.6 Å². The van der Waals surface area contributed by atoms with Gasteiger partial charge in [-0.2, -0.15) is 18.3 Å². The first-order valence-corrected chi connectivity index (χ1v) is 9.86. The SMILES string of the molecule is CCCCCCn1ncc(N=Nc2n(CCCNC(=O)C(F)(F)F)cc[n+]2C)c1N. The minimum atomic E-state index is -4.88. The van der Waals surface area contributed by atoms with E-state index in [0.717, 1.165) is 25.8 Å². The van der Waals surface area contributed by atoms with E-state index in [4.69, 9.17) is 5.73 Å². The molecule has 2 aromatic heterocycles. The van der Waals surface area contributed by atoms with Gasteiger partial charge in [-0.05, 0) is 12.8 Å². The quantitative estimate of drug-likeness (QED) is 0.325. The smallest absolute Gasteiger partial charge is 0.382 e. The van der Waals surface area contributed by atoms with E-state index >= 15 is 0 Å². The van der Waals surface area contributed by atoms with Crippen LogP contribution in [0.2, 0.25) is 0 Å². The summed E-state index contributed by atoms with van der Waals surface area (Å²) in [6, 6.07) is 0. The lowest BCUT2D eigenvalue weighted by atomic mass is 10.2. The van der Waals surface area contributed by atoms with Crippen molar-refractivity contribution in [2.45, 2.75) is 58.3 Å². The number of halogens is 3. The summed E-state index contributed by atoms with van der Waals surface area (Å²) < 4.78 is 41.8. The molecule has 0 aromatic carbocycles. The molecular formula is C18H28F3N8O+. The van der Waals surface area contributed by atoms with Crippen molar-refractivity contribution in [3.8, 4) is 0 Å². The number of alkyl halides is 3. The largest absolute Gasteiger partial charge is 0.471 e. The van der Waals surface area contributed by atoms with Gasteiger partial charge in [0.25, 0.3) is 0 Å². The fourth-order valence-electron chi connectivity index (χ4n) is 2.80. The number of unbranched alkanes of at least 4 members (excludes halogenated alkanes) is 3. The number of amides is 1. The molecule has 166 valence electrons. The average Bonchev–Trinajstić information content (AvgIpc) is 3.22. The molecule has 0 saturated carbocycles. The Morgan fingerprint density at radius 3 is 2.70 bits per heavy atom.